The Hall–Kier alpha value is -2.82. The third-order valence-corrected chi connectivity index (χ3v) is 4.64. The van der Waals surface area contributed by atoms with Crippen molar-refractivity contribution < 1.29 is 14.3 Å². The molecule has 1 aliphatic rings. The van der Waals surface area contributed by atoms with E-state index in [1.807, 2.05) is 37.3 Å². The second-order valence-electron chi connectivity index (χ2n) is 6.25. The summed E-state index contributed by atoms with van der Waals surface area (Å²) in [5, 5.41) is 2.88. The van der Waals surface area contributed by atoms with Crippen LogP contribution in [0.5, 0.6) is 5.75 Å². The Morgan fingerprint density at radius 3 is 2.48 bits per heavy atom. The van der Waals surface area contributed by atoms with Gasteiger partial charge < -0.3 is 15.0 Å². The van der Waals surface area contributed by atoms with Crippen molar-refractivity contribution in [1.29, 1.82) is 0 Å². The molecule has 0 bridgehead atoms. The average Bonchev–Trinajstić information content (AvgIpc) is 3.04. The minimum Gasteiger partial charge on any atom is -0.497 e. The van der Waals surface area contributed by atoms with E-state index in [0.29, 0.717) is 12.2 Å². The molecule has 3 rings (SSSR count). The van der Waals surface area contributed by atoms with Crippen LogP contribution in [0.2, 0.25) is 0 Å². The van der Waals surface area contributed by atoms with Crippen molar-refractivity contribution in [2.24, 2.45) is 5.92 Å². The normalized spacial score (nSPS) is 18.1. The van der Waals surface area contributed by atoms with E-state index in [-0.39, 0.29) is 30.2 Å². The summed E-state index contributed by atoms with van der Waals surface area (Å²) < 4.78 is 5.11. The number of nitrogens with zero attached hydrogens (tertiary/aromatic N) is 1. The number of nitrogens with one attached hydrogen (secondary N) is 1. The molecule has 0 saturated carbocycles. The van der Waals surface area contributed by atoms with Gasteiger partial charge in [-0.25, -0.2) is 0 Å². The first-order valence-corrected chi connectivity index (χ1v) is 8.38. The summed E-state index contributed by atoms with van der Waals surface area (Å²) in [6.45, 7) is 2.44. The molecule has 0 aromatic heterocycles. The van der Waals surface area contributed by atoms with Crippen LogP contribution in [0.4, 0.5) is 5.69 Å². The molecule has 2 aromatic carbocycles. The fourth-order valence-corrected chi connectivity index (χ4v) is 3.11. The lowest BCUT2D eigenvalue weighted by Crippen LogP contribution is -2.30. The molecule has 2 atom stereocenters. The number of hydrogen-bond acceptors (Lipinski definition) is 3. The van der Waals surface area contributed by atoms with Crippen molar-refractivity contribution in [3.8, 4) is 5.75 Å². The maximum atomic E-state index is 12.5. The SMILES string of the molecule is COc1ccc(NC(=O)[C@@H]2CC(=O)N([C@@H](C)c3ccccc3)C2)cc1. The Morgan fingerprint density at radius 1 is 1.16 bits per heavy atom. The van der Waals surface area contributed by atoms with E-state index in [1.54, 1.807) is 36.3 Å². The predicted octanol–water partition coefficient (Wildman–Crippen LogP) is 3.24. The van der Waals surface area contributed by atoms with Gasteiger partial charge in [-0.05, 0) is 36.8 Å². The zero-order chi connectivity index (χ0) is 17.8. The van der Waals surface area contributed by atoms with E-state index >= 15 is 0 Å². The van der Waals surface area contributed by atoms with Crippen LogP contribution in [0.1, 0.15) is 24.9 Å². The molecule has 5 heteroatoms. The summed E-state index contributed by atoms with van der Waals surface area (Å²) in [6, 6.07) is 17.0. The quantitative estimate of drug-likeness (QED) is 0.910. The van der Waals surface area contributed by atoms with Gasteiger partial charge in [-0.15, -0.1) is 0 Å². The maximum Gasteiger partial charge on any atom is 0.229 e. The summed E-state index contributed by atoms with van der Waals surface area (Å²) in [4.78, 5) is 26.7. The van der Waals surface area contributed by atoms with Gasteiger partial charge in [0.15, 0.2) is 0 Å². The number of benzene rings is 2. The minimum atomic E-state index is -0.333. The lowest BCUT2D eigenvalue weighted by Gasteiger charge is -2.25. The molecule has 1 aliphatic heterocycles. The summed E-state index contributed by atoms with van der Waals surface area (Å²) in [7, 11) is 1.60. The second kappa shape index (κ2) is 7.38. The highest BCUT2D eigenvalue weighted by Gasteiger charge is 2.36. The molecule has 0 radical (unpaired) electrons. The smallest absolute Gasteiger partial charge is 0.229 e. The molecule has 1 fully saturated rings. The number of amides is 2. The second-order valence-corrected chi connectivity index (χ2v) is 6.25. The van der Waals surface area contributed by atoms with Gasteiger partial charge in [0.2, 0.25) is 11.8 Å². The lowest BCUT2D eigenvalue weighted by atomic mass is 10.1. The fraction of sp³-hybridized carbons (Fsp3) is 0.300. The predicted molar refractivity (Wildman–Crippen MR) is 96.3 cm³/mol. The van der Waals surface area contributed by atoms with Crippen molar-refractivity contribution in [2.75, 3.05) is 19.0 Å². The molecule has 25 heavy (non-hydrogen) atoms. The van der Waals surface area contributed by atoms with E-state index in [0.717, 1.165) is 11.3 Å². The summed E-state index contributed by atoms with van der Waals surface area (Å²) >= 11 is 0. The molecule has 5 nitrogen and oxygen atoms in total. The Bertz CT molecular complexity index is 743. The Kier molecular flexibility index (Phi) is 5.03. The minimum absolute atomic E-state index is 0.0197. The largest absolute Gasteiger partial charge is 0.497 e. The number of likely N-dealkylation sites (tertiary alicyclic amines) is 1. The van der Waals surface area contributed by atoms with Gasteiger partial charge >= 0.3 is 0 Å². The molecule has 0 spiro atoms. The van der Waals surface area contributed by atoms with E-state index in [4.69, 9.17) is 4.74 Å². The summed E-state index contributed by atoms with van der Waals surface area (Å²) in [6.07, 6.45) is 0.249. The Labute approximate surface area is 147 Å². The number of rotatable bonds is 5. The van der Waals surface area contributed by atoms with Crippen molar-refractivity contribution in [1.82, 2.24) is 4.90 Å². The van der Waals surface area contributed by atoms with Crippen LogP contribution in [0.15, 0.2) is 54.6 Å². The third-order valence-electron chi connectivity index (χ3n) is 4.64. The van der Waals surface area contributed by atoms with Crippen LogP contribution in [0.25, 0.3) is 0 Å². The van der Waals surface area contributed by atoms with Crippen LogP contribution >= 0.6 is 0 Å². The van der Waals surface area contributed by atoms with Gasteiger partial charge in [-0.1, -0.05) is 30.3 Å². The molecule has 2 amide bonds. The van der Waals surface area contributed by atoms with Gasteiger partial charge in [-0.2, -0.15) is 0 Å². The number of anilines is 1. The summed E-state index contributed by atoms with van der Waals surface area (Å²) in [5.74, 6) is 0.296. The molecule has 1 heterocycles. The molecule has 1 N–H and O–H groups in total. The van der Waals surface area contributed by atoms with Gasteiger partial charge in [-0.3, -0.25) is 9.59 Å². The molecular formula is C20H22N2O3. The number of hydrogen-bond donors (Lipinski definition) is 1. The van der Waals surface area contributed by atoms with E-state index < -0.39 is 0 Å². The van der Waals surface area contributed by atoms with Crippen molar-refractivity contribution >= 4 is 17.5 Å². The Morgan fingerprint density at radius 2 is 1.84 bits per heavy atom. The molecule has 0 aliphatic carbocycles. The van der Waals surface area contributed by atoms with Crippen LogP contribution in [-0.4, -0.2) is 30.4 Å². The highest BCUT2D eigenvalue weighted by atomic mass is 16.5. The monoisotopic (exact) mass is 338 g/mol. The topological polar surface area (TPSA) is 58.6 Å². The van der Waals surface area contributed by atoms with Crippen LogP contribution in [0.3, 0.4) is 0 Å². The van der Waals surface area contributed by atoms with Gasteiger partial charge in [0, 0.05) is 18.7 Å². The standard InChI is InChI=1S/C20H22N2O3/c1-14(15-6-4-3-5-7-15)22-13-16(12-19(22)23)20(24)21-17-8-10-18(25-2)11-9-17/h3-11,14,16H,12-13H2,1-2H3,(H,21,24)/t14-,16+/m0/s1. The van der Waals surface area contributed by atoms with Crippen molar-refractivity contribution in [3.05, 3.63) is 60.2 Å². The van der Waals surface area contributed by atoms with Crippen LogP contribution < -0.4 is 10.1 Å². The lowest BCUT2D eigenvalue weighted by molar-refractivity contribution is -0.129. The van der Waals surface area contributed by atoms with Crippen LogP contribution in [0, 0.1) is 5.92 Å². The number of carbonyl (C=O) groups excluding carboxylic acids is 2. The van der Waals surface area contributed by atoms with Crippen LogP contribution in [-0.2, 0) is 9.59 Å². The van der Waals surface area contributed by atoms with E-state index in [1.165, 1.54) is 0 Å². The number of ether oxygens (including phenoxy) is 1. The van der Waals surface area contributed by atoms with E-state index in [9.17, 15) is 9.59 Å². The highest BCUT2D eigenvalue weighted by molar-refractivity contribution is 5.97. The molecule has 130 valence electrons. The third kappa shape index (κ3) is 3.82. The first-order valence-electron chi connectivity index (χ1n) is 8.38. The Balaban J connectivity index is 1.64. The number of methoxy groups -OCH3 is 1. The highest BCUT2D eigenvalue weighted by Crippen LogP contribution is 2.29. The van der Waals surface area contributed by atoms with E-state index in [2.05, 4.69) is 5.32 Å². The maximum absolute atomic E-state index is 12.5. The fourth-order valence-electron chi connectivity index (χ4n) is 3.11. The summed E-state index contributed by atoms with van der Waals surface area (Å²) in [5.41, 5.74) is 1.78. The molecule has 1 saturated heterocycles. The molecular weight excluding hydrogens is 316 g/mol. The first kappa shape index (κ1) is 17.0. The molecule has 2 aromatic rings. The number of carbonyl (C=O) groups is 2. The zero-order valence-electron chi connectivity index (χ0n) is 14.4. The average molecular weight is 338 g/mol. The van der Waals surface area contributed by atoms with Gasteiger partial charge in [0.25, 0.3) is 0 Å². The van der Waals surface area contributed by atoms with Crippen molar-refractivity contribution in [3.63, 3.8) is 0 Å². The first-order chi connectivity index (χ1) is 12.1. The van der Waals surface area contributed by atoms with Crippen molar-refractivity contribution in [2.45, 2.75) is 19.4 Å². The molecule has 0 unspecified atom stereocenters. The van der Waals surface area contributed by atoms with Gasteiger partial charge in [0.05, 0.1) is 19.1 Å². The van der Waals surface area contributed by atoms with Gasteiger partial charge in [0.1, 0.15) is 5.75 Å². The zero-order valence-corrected chi connectivity index (χ0v) is 14.4.